The van der Waals surface area contributed by atoms with E-state index in [1.165, 1.54) is 0 Å². The second kappa shape index (κ2) is 9.64. The van der Waals surface area contributed by atoms with Gasteiger partial charge in [-0.25, -0.2) is 4.98 Å². The number of carbonyl (C=O) groups is 2. The molecule has 1 aliphatic heterocycles. The Bertz CT molecular complexity index is 1010. The third kappa shape index (κ3) is 4.87. The number of aromatic amines is 1. The van der Waals surface area contributed by atoms with E-state index in [0.717, 1.165) is 48.3 Å². The summed E-state index contributed by atoms with van der Waals surface area (Å²) in [5, 5.41) is 2.74. The quantitative estimate of drug-likeness (QED) is 0.542. The van der Waals surface area contributed by atoms with Gasteiger partial charge in [-0.05, 0) is 55.7 Å². The van der Waals surface area contributed by atoms with Crippen LogP contribution in [0.1, 0.15) is 54.8 Å². The molecule has 1 aromatic heterocycles. The normalized spacial score (nSPS) is 15.9. The molecule has 0 unspecified atom stereocenters. The number of rotatable bonds is 8. The van der Waals surface area contributed by atoms with Crippen molar-refractivity contribution in [1.82, 2.24) is 20.2 Å². The van der Waals surface area contributed by atoms with E-state index in [9.17, 15) is 9.59 Å². The highest BCUT2D eigenvalue weighted by atomic mass is 16.5. The van der Waals surface area contributed by atoms with E-state index in [1.54, 1.807) is 24.3 Å². The molecule has 7 nitrogen and oxygen atoms in total. The van der Waals surface area contributed by atoms with Gasteiger partial charge in [-0.2, -0.15) is 0 Å². The fourth-order valence-electron chi connectivity index (χ4n) is 3.88. The number of unbranched alkanes of at least 4 members (excludes halogenated alkanes) is 1. The number of imidazole rings is 1. The van der Waals surface area contributed by atoms with Gasteiger partial charge in [-0.1, -0.05) is 25.5 Å². The maximum Gasteiger partial charge on any atom is 0.251 e. The number of benzene rings is 2. The van der Waals surface area contributed by atoms with E-state index in [2.05, 4.69) is 22.2 Å². The smallest absolute Gasteiger partial charge is 0.251 e. The SMILES string of the molecule is CCCCOc1ccc(C(=O)NCC(=O)N2CCC[C@H]2c2nc3ccccc3[nH]2)cc1. The summed E-state index contributed by atoms with van der Waals surface area (Å²) in [6, 6.07) is 14.8. The maximum absolute atomic E-state index is 12.8. The molecule has 0 spiro atoms. The summed E-state index contributed by atoms with van der Waals surface area (Å²) in [6.45, 7) is 3.41. The number of hydrogen-bond donors (Lipinski definition) is 2. The molecule has 1 atom stereocenters. The maximum atomic E-state index is 12.8. The second-order valence-electron chi connectivity index (χ2n) is 7.79. The minimum absolute atomic E-state index is 0.0374. The standard InChI is InChI=1S/C24H28N4O3/c1-2-3-15-31-18-12-10-17(11-13-18)24(30)25-16-22(29)28-14-6-9-21(28)23-26-19-7-4-5-8-20(19)27-23/h4-5,7-8,10-13,21H,2-3,6,9,14-16H2,1H3,(H,25,30)(H,26,27)/t21-/m0/s1. The van der Waals surface area contributed by atoms with Crippen LogP contribution in [0.4, 0.5) is 0 Å². The number of aromatic nitrogens is 2. The van der Waals surface area contributed by atoms with Crippen molar-refractivity contribution in [2.45, 2.75) is 38.6 Å². The number of nitrogens with one attached hydrogen (secondary N) is 2. The molecule has 0 radical (unpaired) electrons. The number of likely N-dealkylation sites (tertiary alicyclic amines) is 1. The van der Waals surface area contributed by atoms with Crippen LogP contribution >= 0.6 is 0 Å². The fraction of sp³-hybridized carbons (Fsp3) is 0.375. The van der Waals surface area contributed by atoms with Crippen molar-refractivity contribution in [3.05, 3.63) is 59.9 Å². The average molecular weight is 421 g/mol. The van der Waals surface area contributed by atoms with Crippen molar-refractivity contribution in [1.29, 1.82) is 0 Å². The zero-order valence-corrected chi connectivity index (χ0v) is 17.8. The van der Waals surface area contributed by atoms with E-state index < -0.39 is 0 Å². The molecule has 0 saturated carbocycles. The van der Waals surface area contributed by atoms with Gasteiger partial charge in [0.25, 0.3) is 5.91 Å². The highest BCUT2D eigenvalue weighted by Gasteiger charge is 2.32. The molecule has 3 aromatic rings. The summed E-state index contributed by atoms with van der Waals surface area (Å²) in [7, 11) is 0. The van der Waals surface area contributed by atoms with Crippen LogP contribution in [-0.4, -0.2) is 46.4 Å². The van der Waals surface area contributed by atoms with Crippen molar-refractivity contribution in [2.75, 3.05) is 19.7 Å². The molecule has 0 aliphatic carbocycles. The number of ether oxygens (including phenoxy) is 1. The third-order valence-corrected chi connectivity index (χ3v) is 5.58. The van der Waals surface area contributed by atoms with Gasteiger partial charge in [0, 0.05) is 12.1 Å². The molecule has 2 amide bonds. The van der Waals surface area contributed by atoms with Crippen LogP contribution in [0.5, 0.6) is 5.75 Å². The Morgan fingerprint density at radius 1 is 1.19 bits per heavy atom. The first-order valence-corrected chi connectivity index (χ1v) is 10.9. The Balaban J connectivity index is 1.33. The fourth-order valence-corrected chi connectivity index (χ4v) is 3.88. The van der Waals surface area contributed by atoms with Gasteiger partial charge in [0.1, 0.15) is 11.6 Å². The van der Waals surface area contributed by atoms with Gasteiger partial charge in [-0.3, -0.25) is 9.59 Å². The van der Waals surface area contributed by atoms with Crippen LogP contribution in [0.3, 0.4) is 0 Å². The predicted octanol–water partition coefficient (Wildman–Crippen LogP) is 3.84. The topological polar surface area (TPSA) is 87.3 Å². The molecule has 1 aliphatic rings. The molecular weight excluding hydrogens is 392 g/mol. The van der Waals surface area contributed by atoms with Gasteiger partial charge < -0.3 is 19.9 Å². The molecule has 1 fully saturated rings. The molecule has 4 rings (SSSR count). The predicted molar refractivity (Wildman–Crippen MR) is 119 cm³/mol. The monoisotopic (exact) mass is 420 g/mol. The van der Waals surface area contributed by atoms with Crippen molar-refractivity contribution >= 4 is 22.8 Å². The minimum atomic E-state index is -0.270. The summed E-state index contributed by atoms with van der Waals surface area (Å²) in [5.74, 6) is 1.17. The first kappa shape index (κ1) is 20.9. The van der Waals surface area contributed by atoms with E-state index in [0.29, 0.717) is 18.7 Å². The van der Waals surface area contributed by atoms with Crippen LogP contribution in [0.2, 0.25) is 0 Å². The van der Waals surface area contributed by atoms with Crippen molar-refractivity contribution in [3.8, 4) is 5.75 Å². The molecule has 2 aromatic carbocycles. The summed E-state index contributed by atoms with van der Waals surface area (Å²) in [6.07, 6.45) is 3.85. The molecule has 2 heterocycles. The molecule has 7 heteroatoms. The van der Waals surface area contributed by atoms with Crippen LogP contribution in [-0.2, 0) is 4.79 Å². The van der Waals surface area contributed by atoms with Gasteiger partial charge >= 0.3 is 0 Å². The van der Waals surface area contributed by atoms with Crippen molar-refractivity contribution in [2.24, 2.45) is 0 Å². The number of nitrogens with zero attached hydrogens (tertiary/aromatic N) is 2. The number of amides is 2. The summed E-state index contributed by atoms with van der Waals surface area (Å²) in [4.78, 5) is 35.1. The average Bonchev–Trinajstić information content (AvgIpc) is 3.44. The number of H-pyrrole nitrogens is 1. The lowest BCUT2D eigenvalue weighted by Crippen LogP contribution is -2.40. The van der Waals surface area contributed by atoms with Crippen LogP contribution < -0.4 is 10.1 Å². The van der Waals surface area contributed by atoms with Crippen LogP contribution in [0, 0.1) is 0 Å². The zero-order chi connectivity index (χ0) is 21.6. The molecule has 1 saturated heterocycles. The van der Waals surface area contributed by atoms with Gasteiger partial charge in [-0.15, -0.1) is 0 Å². The largest absolute Gasteiger partial charge is 0.494 e. The summed E-state index contributed by atoms with van der Waals surface area (Å²) < 4.78 is 5.62. The molecule has 2 N–H and O–H groups in total. The van der Waals surface area contributed by atoms with Crippen molar-refractivity contribution < 1.29 is 14.3 Å². The first-order valence-electron chi connectivity index (χ1n) is 10.9. The Labute approximate surface area is 181 Å². The summed E-state index contributed by atoms with van der Waals surface area (Å²) in [5.41, 5.74) is 2.37. The highest BCUT2D eigenvalue weighted by molar-refractivity contribution is 5.96. The van der Waals surface area contributed by atoms with E-state index >= 15 is 0 Å². The van der Waals surface area contributed by atoms with Gasteiger partial charge in [0.2, 0.25) is 5.91 Å². The Morgan fingerprint density at radius 3 is 2.77 bits per heavy atom. The highest BCUT2D eigenvalue weighted by Crippen LogP contribution is 2.31. The summed E-state index contributed by atoms with van der Waals surface area (Å²) >= 11 is 0. The first-order chi connectivity index (χ1) is 15.2. The Hall–Kier alpha value is -3.35. The lowest BCUT2D eigenvalue weighted by molar-refractivity contribution is -0.131. The van der Waals surface area contributed by atoms with E-state index in [4.69, 9.17) is 4.74 Å². The number of fused-ring (bicyclic) bond motifs is 1. The third-order valence-electron chi connectivity index (χ3n) is 5.58. The molecule has 31 heavy (non-hydrogen) atoms. The molecule has 162 valence electrons. The van der Waals surface area contributed by atoms with Gasteiger partial charge in [0.15, 0.2) is 0 Å². The number of hydrogen-bond acceptors (Lipinski definition) is 4. The Kier molecular flexibility index (Phi) is 6.50. The second-order valence-corrected chi connectivity index (χ2v) is 7.79. The van der Waals surface area contributed by atoms with Crippen molar-refractivity contribution in [3.63, 3.8) is 0 Å². The lowest BCUT2D eigenvalue weighted by atomic mass is 10.2. The van der Waals surface area contributed by atoms with E-state index in [-0.39, 0.29) is 24.4 Å². The Morgan fingerprint density at radius 2 is 2.00 bits per heavy atom. The van der Waals surface area contributed by atoms with E-state index in [1.807, 2.05) is 29.2 Å². The molecular formula is C24H28N4O3. The van der Waals surface area contributed by atoms with Crippen LogP contribution in [0.15, 0.2) is 48.5 Å². The minimum Gasteiger partial charge on any atom is -0.494 e. The molecule has 0 bridgehead atoms. The number of carbonyl (C=O) groups excluding carboxylic acids is 2. The lowest BCUT2D eigenvalue weighted by Gasteiger charge is -2.23. The van der Waals surface area contributed by atoms with Crippen LogP contribution in [0.25, 0.3) is 11.0 Å². The number of para-hydroxylation sites is 2. The van der Waals surface area contributed by atoms with Gasteiger partial charge in [0.05, 0.1) is 30.2 Å². The zero-order valence-electron chi connectivity index (χ0n) is 17.8.